The molecule has 0 bridgehead atoms. The van der Waals surface area contributed by atoms with Crippen LogP contribution in [0.3, 0.4) is 0 Å². The van der Waals surface area contributed by atoms with E-state index >= 15 is 0 Å². The molecule has 2 aromatic heterocycles. The number of hydrogen-bond donors (Lipinski definition) is 0. The maximum absolute atomic E-state index is 12.3. The molecule has 0 amide bonds. The van der Waals surface area contributed by atoms with Gasteiger partial charge in [-0.2, -0.15) is 4.31 Å². The van der Waals surface area contributed by atoms with Gasteiger partial charge >= 0.3 is 0 Å². The van der Waals surface area contributed by atoms with Crippen LogP contribution in [0.1, 0.15) is 11.5 Å². The van der Waals surface area contributed by atoms with E-state index < -0.39 is 20.6 Å². The maximum Gasteiger partial charge on any atom is 0.300 e. The van der Waals surface area contributed by atoms with Crippen molar-refractivity contribution < 1.29 is 17.9 Å². The lowest BCUT2D eigenvalue weighted by Crippen LogP contribution is -2.25. The molecular weight excluding hydrogens is 342 g/mol. The lowest BCUT2D eigenvalue weighted by Gasteiger charge is -2.13. The predicted molar refractivity (Wildman–Crippen MR) is 75.9 cm³/mol. The molecule has 114 valence electrons. The zero-order chi connectivity index (χ0) is 15.8. The molecule has 0 unspecified atom stereocenters. The van der Waals surface area contributed by atoms with Crippen LogP contribution in [0.25, 0.3) is 0 Å². The van der Waals surface area contributed by atoms with Crippen molar-refractivity contribution >= 4 is 38.6 Å². The van der Waals surface area contributed by atoms with Crippen LogP contribution in [0.4, 0.5) is 5.69 Å². The first kappa shape index (κ1) is 15.9. The Labute approximate surface area is 129 Å². The topological polar surface area (TPSA) is 107 Å². The van der Waals surface area contributed by atoms with Crippen LogP contribution in [-0.2, 0) is 16.6 Å². The van der Waals surface area contributed by atoms with E-state index in [1.165, 1.54) is 7.05 Å². The highest BCUT2D eigenvalue weighted by Gasteiger charge is 2.29. The summed E-state index contributed by atoms with van der Waals surface area (Å²) in [6.45, 7) is 1.68. The molecule has 0 saturated carbocycles. The molecule has 0 aliphatic carbocycles. The summed E-state index contributed by atoms with van der Waals surface area (Å²) in [6, 6.07) is 2.56. The molecule has 0 aliphatic rings. The smallest absolute Gasteiger partial charge is 0.300 e. The third-order valence-corrected chi connectivity index (χ3v) is 6.16. The van der Waals surface area contributed by atoms with Crippen LogP contribution in [0, 0.1) is 17.0 Å². The van der Waals surface area contributed by atoms with Gasteiger partial charge < -0.3 is 4.52 Å². The van der Waals surface area contributed by atoms with E-state index in [9.17, 15) is 18.5 Å². The van der Waals surface area contributed by atoms with Gasteiger partial charge in [-0.1, -0.05) is 16.8 Å². The van der Waals surface area contributed by atoms with Gasteiger partial charge in [-0.05, 0) is 6.92 Å². The molecule has 0 spiro atoms. The summed E-state index contributed by atoms with van der Waals surface area (Å²) in [7, 11) is -2.54. The molecule has 2 heterocycles. The van der Waals surface area contributed by atoms with Crippen molar-refractivity contribution in [1.82, 2.24) is 9.46 Å². The number of nitrogens with zero attached hydrogens (tertiary/aromatic N) is 3. The largest absolute Gasteiger partial charge is 0.361 e. The Bertz CT molecular complexity index is 782. The second-order valence-electron chi connectivity index (χ2n) is 4.17. The van der Waals surface area contributed by atoms with Gasteiger partial charge in [0.15, 0.2) is 4.34 Å². The van der Waals surface area contributed by atoms with E-state index in [1.807, 2.05) is 0 Å². The van der Waals surface area contributed by atoms with E-state index in [4.69, 9.17) is 16.1 Å². The lowest BCUT2D eigenvalue weighted by atomic mass is 10.4. The maximum atomic E-state index is 12.3. The second kappa shape index (κ2) is 5.72. The van der Waals surface area contributed by atoms with Crippen LogP contribution in [0.5, 0.6) is 0 Å². The van der Waals surface area contributed by atoms with E-state index in [-0.39, 0.29) is 15.1 Å². The Balaban J connectivity index is 2.28. The highest BCUT2D eigenvalue weighted by molar-refractivity contribution is 7.91. The average molecular weight is 352 g/mol. The second-order valence-corrected chi connectivity index (χ2v) is 8.10. The summed E-state index contributed by atoms with van der Waals surface area (Å²) in [4.78, 5) is 10.00. The third-order valence-electron chi connectivity index (χ3n) is 2.57. The van der Waals surface area contributed by atoms with E-state index in [2.05, 4.69) is 5.16 Å². The van der Waals surface area contributed by atoms with Crippen molar-refractivity contribution in [3.05, 3.63) is 38.0 Å². The highest BCUT2D eigenvalue weighted by atomic mass is 35.5. The van der Waals surface area contributed by atoms with Gasteiger partial charge in [0.1, 0.15) is 9.97 Å². The van der Waals surface area contributed by atoms with Gasteiger partial charge in [-0.25, -0.2) is 8.42 Å². The van der Waals surface area contributed by atoms with Crippen molar-refractivity contribution in [2.45, 2.75) is 17.7 Å². The normalized spacial score (nSPS) is 12.0. The summed E-state index contributed by atoms with van der Waals surface area (Å²) in [5.74, 6) is 0.561. The van der Waals surface area contributed by atoms with Crippen molar-refractivity contribution in [3.63, 3.8) is 0 Å². The first-order valence-corrected chi connectivity index (χ1v) is 8.17. The van der Waals surface area contributed by atoms with Crippen molar-refractivity contribution in [2.24, 2.45) is 0 Å². The van der Waals surface area contributed by atoms with Crippen LogP contribution in [0.2, 0.25) is 4.34 Å². The zero-order valence-corrected chi connectivity index (χ0v) is 13.3. The highest BCUT2D eigenvalue weighted by Crippen LogP contribution is 2.37. The molecule has 0 saturated heterocycles. The first-order valence-electron chi connectivity index (χ1n) is 5.54. The summed E-state index contributed by atoms with van der Waals surface area (Å²) >= 11 is 6.32. The molecule has 0 fully saturated rings. The fourth-order valence-corrected chi connectivity index (χ4v) is 4.57. The number of sulfonamides is 1. The Morgan fingerprint density at radius 3 is 2.67 bits per heavy atom. The number of nitro groups is 1. The number of aromatic nitrogens is 1. The molecule has 2 aromatic rings. The lowest BCUT2D eigenvalue weighted by molar-refractivity contribution is -0.384. The number of hydrogen-bond acceptors (Lipinski definition) is 7. The molecule has 0 aliphatic heterocycles. The standard InChI is InChI=1S/C10H10ClN3O5S2/c1-6-3-7(12-19-6)5-13(2)21(17,18)9-4-8(14(15)16)10(11)20-9/h3-4H,5H2,1-2H3. The van der Waals surface area contributed by atoms with Gasteiger partial charge in [-0.15, -0.1) is 11.3 Å². The summed E-state index contributed by atoms with van der Waals surface area (Å²) in [5, 5.41) is 14.4. The number of thiophene rings is 1. The number of rotatable bonds is 5. The minimum Gasteiger partial charge on any atom is -0.361 e. The molecule has 8 nitrogen and oxygen atoms in total. The van der Waals surface area contributed by atoms with Gasteiger partial charge in [0.05, 0.1) is 17.2 Å². The van der Waals surface area contributed by atoms with E-state index in [1.54, 1.807) is 13.0 Å². The van der Waals surface area contributed by atoms with Gasteiger partial charge in [0.25, 0.3) is 15.7 Å². The summed E-state index contributed by atoms with van der Waals surface area (Å²) < 4.78 is 30.2. The zero-order valence-electron chi connectivity index (χ0n) is 10.9. The minimum atomic E-state index is -3.88. The van der Waals surface area contributed by atoms with Crippen LogP contribution in [0.15, 0.2) is 20.9 Å². The monoisotopic (exact) mass is 351 g/mol. The van der Waals surface area contributed by atoms with Crippen LogP contribution < -0.4 is 0 Å². The average Bonchev–Trinajstić information content (AvgIpc) is 2.95. The fourth-order valence-electron chi connectivity index (χ4n) is 1.55. The first-order chi connectivity index (χ1) is 9.71. The summed E-state index contributed by atoms with van der Waals surface area (Å²) in [6.07, 6.45) is 0. The quantitative estimate of drug-likeness (QED) is 0.604. The van der Waals surface area contributed by atoms with Crippen molar-refractivity contribution in [3.8, 4) is 0 Å². The predicted octanol–water partition coefficient (Wildman–Crippen LogP) is 2.43. The molecule has 21 heavy (non-hydrogen) atoms. The molecule has 0 N–H and O–H groups in total. The van der Waals surface area contributed by atoms with E-state index in [0.717, 1.165) is 10.4 Å². The Morgan fingerprint density at radius 2 is 2.19 bits per heavy atom. The molecular formula is C10H10ClN3O5S2. The van der Waals surface area contributed by atoms with Crippen molar-refractivity contribution in [1.29, 1.82) is 0 Å². The third kappa shape index (κ3) is 3.23. The van der Waals surface area contributed by atoms with Gasteiger partial charge in [-0.3, -0.25) is 10.1 Å². The molecule has 11 heteroatoms. The van der Waals surface area contributed by atoms with Crippen molar-refractivity contribution in [2.75, 3.05) is 7.05 Å². The molecule has 2 rings (SSSR count). The molecule has 0 aromatic carbocycles. The molecule has 0 atom stereocenters. The van der Waals surface area contributed by atoms with Gasteiger partial charge in [0, 0.05) is 19.2 Å². The fraction of sp³-hybridized carbons (Fsp3) is 0.300. The number of aryl methyl sites for hydroxylation is 1. The molecule has 0 radical (unpaired) electrons. The van der Waals surface area contributed by atoms with Crippen LogP contribution >= 0.6 is 22.9 Å². The SMILES string of the molecule is Cc1cc(CN(C)S(=O)(=O)c2cc([N+](=O)[O-])c(Cl)s2)no1. The Kier molecular flexibility index (Phi) is 4.33. The van der Waals surface area contributed by atoms with Crippen LogP contribution in [-0.4, -0.2) is 29.9 Å². The van der Waals surface area contributed by atoms with Gasteiger partial charge in [0.2, 0.25) is 0 Å². The minimum absolute atomic E-state index is 0.0109. The Hall–Kier alpha value is -1.49. The van der Waals surface area contributed by atoms with E-state index in [0.29, 0.717) is 22.8 Å². The summed E-state index contributed by atoms with van der Waals surface area (Å²) in [5.41, 5.74) is 0.0154. The Morgan fingerprint density at radius 1 is 1.52 bits per heavy atom. The number of halogens is 1.